The molecule has 0 amide bonds. The molecule has 1 aliphatic rings. The van der Waals surface area contributed by atoms with E-state index >= 15 is 0 Å². The zero-order chi connectivity index (χ0) is 18.9. The Bertz CT molecular complexity index is 893. The van der Waals surface area contributed by atoms with Crippen molar-refractivity contribution < 1.29 is 12.8 Å². The highest BCUT2D eigenvalue weighted by Gasteiger charge is 2.29. The van der Waals surface area contributed by atoms with Gasteiger partial charge in [0.25, 0.3) is 0 Å². The average Bonchev–Trinajstić information content (AvgIpc) is 2.69. The smallest absolute Gasteiger partial charge is 0.151 e. The van der Waals surface area contributed by atoms with Crippen LogP contribution in [0.5, 0.6) is 0 Å². The van der Waals surface area contributed by atoms with Gasteiger partial charge in [0.2, 0.25) is 0 Å². The SMILES string of the molecule is CN(C)C[C@@H](CC1Cc2cc(F)ccc2Cc2ccccc21)S(C)(=O)=O. The van der Waals surface area contributed by atoms with Crippen molar-refractivity contribution in [2.45, 2.75) is 30.4 Å². The summed E-state index contributed by atoms with van der Waals surface area (Å²) in [5.74, 6) is -0.171. The maximum atomic E-state index is 13.8. The molecule has 3 rings (SSSR count). The highest BCUT2D eigenvalue weighted by atomic mass is 32.2. The Labute approximate surface area is 155 Å². The van der Waals surface area contributed by atoms with Gasteiger partial charge < -0.3 is 4.90 Å². The lowest BCUT2D eigenvalue weighted by Gasteiger charge is -2.25. The third-order valence-electron chi connectivity index (χ3n) is 5.23. The monoisotopic (exact) mass is 375 g/mol. The number of nitrogens with zero attached hydrogens (tertiary/aromatic N) is 1. The van der Waals surface area contributed by atoms with Gasteiger partial charge in [-0.15, -0.1) is 0 Å². The van der Waals surface area contributed by atoms with E-state index in [-0.39, 0.29) is 11.7 Å². The number of sulfone groups is 1. The minimum absolute atomic E-state index is 0.0638. The second-order valence-corrected chi connectivity index (χ2v) is 9.96. The Morgan fingerprint density at radius 3 is 2.54 bits per heavy atom. The van der Waals surface area contributed by atoms with Gasteiger partial charge in [-0.25, -0.2) is 12.8 Å². The van der Waals surface area contributed by atoms with E-state index in [4.69, 9.17) is 0 Å². The predicted octanol–water partition coefficient (Wildman–Crippen LogP) is 3.42. The first-order valence-electron chi connectivity index (χ1n) is 8.92. The molecule has 5 heteroatoms. The molecule has 0 aliphatic heterocycles. The fraction of sp³-hybridized carbons (Fsp3) is 0.429. The Morgan fingerprint density at radius 2 is 1.85 bits per heavy atom. The van der Waals surface area contributed by atoms with Crippen LogP contribution in [0.25, 0.3) is 0 Å². The lowest BCUT2D eigenvalue weighted by molar-refractivity contribution is 0.382. The van der Waals surface area contributed by atoms with Gasteiger partial charge in [0.05, 0.1) is 5.25 Å². The molecule has 0 heterocycles. The van der Waals surface area contributed by atoms with Crippen molar-refractivity contribution in [1.29, 1.82) is 0 Å². The predicted molar refractivity (Wildman–Crippen MR) is 104 cm³/mol. The first-order chi connectivity index (χ1) is 12.2. The summed E-state index contributed by atoms with van der Waals surface area (Å²) in [6.45, 7) is 0.494. The molecule has 0 spiro atoms. The molecule has 0 fully saturated rings. The van der Waals surface area contributed by atoms with Crippen LogP contribution >= 0.6 is 0 Å². The topological polar surface area (TPSA) is 37.4 Å². The van der Waals surface area contributed by atoms with Crippen LogP contribution in [0, 0.1) is 5.82 Å². The van der Waals surface area contributed by atoms with Crippen molar-refractivity contribution in [2.75, 3.05) is 26.9 Å². The average molecular weight is 376 g/mol. The summed E-state index contributed by atoms with van der Waals surface area (Å²) in [7, 11) is 0.610. The third-order valence-corrected chi connectivity index (χ3v) is 6.78. The van der Waals surface area contributed by atoms with E-state index < -0.39 is 15.1 Å². The molecule has 2 aromatic carbocycles. The largest absolute Gasteiger partial charge is 0.308 e. The first-order valence-corrected chi connectivity index (χ1v) is 10.9. The van der Waals surface area contributed by atoms with E-state index in [1.165, 1.54) is 23.4 Å². The summed E-state index contributed by atoms with van der Waals surface area (Å²) in [6, 6.07) is 13.2. The highest BCUT2D eigenvalue weighted by Crippen LogP contribution is 2.36. The standard InChI is InChI=1S/C21H26FNO2S/c1-23(2)14-20(26(3,24)25)13-18-11-17-12-19(22)9-8-15(17)10-16-6-4-5-7-21(16)18/h4-9,12,18,20H,10-11,13-14H2,1-3H3/t18?,20-/m1/s1. The van der Waals surface area contributed by atoms with Gasteiger partial charge in [-0.05, 0) is 73.7 Å². The second-order valence-electron chi connectivity index (χ2n) is 7.64. The molecule has 2 aromatic rings. The Hall–Kier alpha value is -1.72. The Kier molecular flexibility index (Phi) is 5.49. The van der Waals surface area contributed by atoms with Gasteiger partial charge >= 0.3 is 0 Å². The van der Waals surface area contributed by atoms with Crippen molar-refractivity contribution in [3.05, 3.63) is 70.5 Å². The number of benzene rings is 2. The minimum Gasteiger partial charge on any atom is -0.308 e. The summed E-state index contributed by atoms with van der Waals surface area (Å²) in [5.41, 5.74) is 4.52. The molecule has 0 N–H and O–H groups in total. The lowest BCUT2D eigenvalue weighted by atomic mass is 9.87. The van der Waals surface area contributed by atoms with Crippen LogP contribution in [0.3, 0.4) is 0 Å². The summed E-state index contributed by atoms with van der Waals surface area (Å²) in [5, 5.41) is -0.439. The lowest BCUT2D eigenvalue weighted by Crippen LogP contribution is -2.34. The molecule has 2 atom stereocenters. The molecule has 1 aliphatic carbocycles. The number of halogens is 1. The molecule has 0 radical (unpaired) electrons. The van der Waals surface area contributed by atoms with Gasteiger partial charge in [-0.3, -0.25) is 0 Å². The maximum Gasteiger partial charge on any atom is 0.151 e. The van der Waals surface area contributed by atoms with Crippen molar-refractivity contribution in [2.24, 2.45) is 0 Å². The summed E-state index contributed by atoms with van der Waals surface area (Å²) < 4.78 is 38.5. The van der Waals surface area contributed by atoms with Crippen LogP contribution in [0.2, 0.25) is 0 Å². The van der Waals surface area contributed by atoms with E-state index in [1.807, 2.05) is 37.2 Å². The van der Waals surface area contributed by atoms with Crippen LogP contribution in [-0.2, 0) is 22.7 Å². The van der Waals surface area contributed by atoms with Crippen LogP contribution in [0.1, 0.15) is 34.6 Å². The molecule has 140 valence electrons. The minimum atomic E-state index is -3.18. The first kappa shape index (κ1) is 19.1. The summed E-state index contributed by atoms with van der Waals surface area (Å²) in [4.78, 5) is 1.92. The van der Waals surface area contributed by atoms with Crippen molar-refractivity contribution >= 4 is 9.84 Å². The van der Waals surface area contributed by atoms with Gasteiger partial charge in [-0.1, -0.05) is 30.3 Å². The maximum absolute atomic E-state index is 13.8. The number of fused-ring (bicyclic) bond motifs is 2. The fourth-order valence-corrected chi connectivity index (χ4v) is 5.10. The second kappa shape index (κ2) is 7.49. The van der Waals surface area contributed by atoms with Gasteiger partial charge in [0.15, 0.2) is 9.84 Å². The number of hydrogen-bond acceptors (Lipinski definition) is 3. The molecule has 0 saturated carbocycles. The van der Waals surface area contributed by atoms with E-state index in [0.717, 1.165) is 17.5 Å². The fourth-order valence-electron chi connectivity index (χ4n) is 3.95. The Balaban J connectivity index is 2.01. The molecule has 0 saturated heterocycles. The molecular formula is C21H26FNO2S. The van der Waals surface area contributed by atoms with E-state index in [0.29, 0.717) is 19.4 Å². The van der Waals surface area contributed by atoms with Crippen LogP contribution in [0.4, 0.5) is 4.39 Å². The molecule has 0 aromatic heterocycles. The third kappa shape index (κ3) is 4.33. The van der Waals surface area contributed by atoms with Gasteiger partial charge in [0, 0.05) is 12.8 Å². The van der Waals surface area contributed by atoms with Crippen LogP contribution in [0.15, 0.2) is 42.5 Å². The zero-order valence-corrected chi connectivity index (χ0v) is 16.4. The Morgan fingerprint density at radius 1 is 1.12 bits per heavy atom. The van der Waals surface area contributed by atoms with E-state index in [1.54, 1.807) is 6.07 Å². The summed E-state index contributed by atoms with van der Waals surface area (Å²) in [6.07, 6.45) is 3.30. The normalized spacial score (nSPS) is 18.1. The van der Waals surface area contributed by atoms with Crippen molar-refractivity contribution in [3.63, 3.8) is 0 Å². The van der Waals surface area contributed by atoms with Crippen LogP contribution in [-0.4, -0.2) is 45.5 Å². The molecule has 26 heavy (non-hydrogen) atoms. The number of rotatable bonds is 5. The van der Waals surface area contributed by atoms with Gasteiger partial charge in [0.1, 0.15) is 5.82 Å². The quantitative estimate of drug-likeness (QED) is 0.804. The van der Waals surface area contributed by atoms with Crippen molar-refractivity contribution in [3.8, 4) is 0 Å². The van der Waals surface area contributed by atoms with Gasteiger partial charge in [-0.2, -0.15) is 0 Å². The van der Waals surface area contributed by atoms with E-state index in [9.17, 15) is 12.8 Å². The molecule has 3 nitrogen and oxygen atoms in total. The van der Waals surface area contributed by atoms with Crippen molar-refractivity contribution in [1.82, 2.24) is 4.90 Å². The zero-order valence-electron chi connectivity index (χ0n) is 15.6. The summed E-state index contributed by atoms with van der Waals surface area (Å²) >= 11 is 0. The molecular weight excluding hydrogens is 349 g/mol. The van der Waals surface area contributed by atoms with Crippen LogP contribution < -0.4 is 0 Å². The number of hydrogen-bond donors (Lipinski definition) is 0. The molecule has 1 unspecified atom stereocenters. The van der Waals surface area contributed by atoms with E-state index in [2.05, 4.69) is 12.1 Å². The highest BCUT2D eigenvalue weighted by molar-refractivity contribution is 7.91. The molecule has 0 bridgehead atoms.